The fourth-order valence-electron chi connectivity index (χ4n) is 5.68. The molecule has 0 spiro atoms. The summed E-state index contributed by atoms with van der Waals surface area (Å²) in [5.41, 5.74) is 5.33. The summed E-state index contributed by atoms with van der Waals surface area (Å²) in [6.45, 7) is 0. The molecule has 4 aliphatic rings. The molecule has 1 heterocycles. The van der Waals surface area contributed by atoms with Crippen molar-refractivity contribution in [2.75, 3.05) is 12.0 Å². The van der Waals surface area contributed by atoms with Crippen LogP contribution in [0.25, 0.3) is 0 Å². The first-order valence-electron chi connectivity index (χ1n) is 9.90. The molecule has 4 heteroatoms. The van der Waals surface area contributed by atoms with Gasteiger partial charge in [-0.1, -0.05) is 54.6 Å². The molecule has 0 N–H and O–H groups in total. The van der Waals surface area contributed by atoms with Crippen LogP contribution < -0.4 is 9.64 Å². The fraction of sp³-hybridized carbons (Fsp3) is 0.200. The van der Waals surface area contributed by atoms with Gasteiger partial charge in [-0.05, 0) is 34.4 Å². The number of imide groups is 1. The van der Waals surface area contributed by atoms with Gasteiger partial charge in [-0.25, -0.2) is 4.90 Å². The maximum absolute atomic E-state index is 13.6. The Morgan fingerprint density at radius 3 is 1.62 bits per heavy atom. The molecule has 29 heavy (non-hydrogen) atoms. The average Bonchev–Trinajstić information content (AvgIpc) is 3.04. The summed E-state index contributed by atoms with van der Waals surface area (Å²) in [6, 6.07) is 23.8. The van der Waals surface area contributed by atoms with Crippen molar-refractivity contribution in [2.45, 2.75) is 11.8 Å². The summed E-state index contributed by atoms with van der Waals surface area (Å²) in [7, 11) is 1.58. The molecule has 0 aromatic heterocycles. The lowest BCUT2D eigenvalue weighted by atomic mass is 9.55. The number of benzene rings is 3. The number of amides is 2. The number of hydrogen-bond donors (Lipinski definition) is 0. The minimum Gasteiger partial charge on any atom is -0.497 e. The van der Waals surface area contributed by atoms with Crippen LogP contribution in [0.15, 0.2) is 72.8 Å². The minimum atomic E-state index is -0.358. The number of ether oxygens (including phenoxy) is 1. The maximum atomic E-state index is 13.6. The number of hydrogen-bond acceptors (Lipinski definition) is 3. The summed E-state index contributed by atoms with van der Waals surface area (Å²) in [5, 5.41) is 0. The Morgan fingerprint density at radius 2 is 1.17 bits per heavy atom. The van der Waals surface area contributed by atoms with Crippen LogP contribution in [0.5, 0.6) is 5.75 Å². The Morgan fingerprint density at radius 1 is 0.690 bits per heavy atom. The molecule has 1 aliphatic heterocycles. The Hall–Kier alpha value is -3.40. The highest BCUT2D eigenvalue weighted by molar-refractivity contribution is 6.23. The van der Waals surface area contributed by atoms with E-state index >= 15 is 0 Å². The van der Waals surface area contributed by atoms with E-state index in [0.29, 0.717) is 11.4 Å². The molecule has 3 aromatic carbocycles. The van der Waals surface area contributed by atoms with Gasteiger partial charge < -0.3 is 4.74 Å². The molecule has 1 fully saturated rings. The van der Waals surface area contributed by atoms with Crippen molar-refractivity contribution in [1.29, 1.82) is 0 Å². The second-order valence-corrected chi connectivity index (χ2v) is 7.98. The number of methoxy groups -OCH3 is 1. The Balaban J connectivity index is 1.55. The highest BCUT2D eigenvalue weighted by Gasteiger charge is 2.61. The molecule has 0 saturated carbocycles. The first-order valence-corrected chi connectivity index (χ1v) is 9.90. The number of carbonyl (C=O) groups excluding carboxylic acids is 2. The number of anilines is 1. The fourth-order valence-corrected chi connectivity index (χ4v) is 5.68. The van der Waals surface area contributed by atoms with E-state index in [-0.39, 0.29) is 35.5 Å². The zero-order chi connectivity index (χ0) is 19.7. The summed E-state index contributed by atoms with van der Waals surface area (Å²) in [5.74, 6) is -0.451. The molecule has 2 amide bonds. The lowest BCUT2D eigenvalue weighted by Crippen LogP contribution is -2.41. The van der Waals surface area contributed by atoms with Crippen molar-refractivity contribution in [3.05, 3.63) is 95.1 Å². The summed E-state index contributed by atoms with van der Waals surface area (Å²) in [4.78, 5) is 28.6. The maximum Gasteiger partial charge on any atom is 0.238 e. The van der Waals surface area contributed by atoms with Crippen molar-refractivity contribution >= 4 is 17.5 Å². The van der Waals surface area contributed by atoms with E-state index < -0.39 is 0 Å². The van der Waals surface area contributed by atoms with Gasteiger partial charge in [0.25, 0.3) is 0 Å². The van der Waals surface area contributed by atoms with Crippen LogP contribution in [0.1, 0.15) is 34.1 Å². The summed E-state index contributed by atoms with van der Waals surface area (Å²) < 4.78 is 5.31. The molecule has 4 nitrogen and oxygen atoms in total. The zero-order valence-electron chi connectivity index (χ0n) is 15.9. The van der Waals surface area contributed by atoms with Crippen LogP contribution in [0.2, 0.25) is 0 Å². The molecular formula is C25H19NO3. The molecule has 7 rings (SSSR count). The van der Waals surface area contributed by atoms with Gasteiger partial charge in [-0.3, -0.25) is 9.59 Å². The van der Waals surface area contributed by atoms with Gasteiger partial charge in [0.05, 0.1) is 24.6 Å². The molecule has 0 radical (unpaired) electrons. The van der Waals surface area contributed by atoms with Crippen molar-refractivity contribution in [3.63, 3.8) is 0 Å². The van der Waals surface area contributed by atoms with Crippen LogP contribution in [0, 0.1) is 11.8 Å². The van der Waals surface area contributed by atoms with Crippen molar-refractivity contribution in [3.8, 4) is 5.75 Å². The molecule has 3 aliphatic carbocycles. The SMILES string of the molecule is COc1cccc(N2C(=O)[C@@H]3C4c5ccccc5C(c5ccccc54)[C@@H]3C2=O)c1. The second kappa shape index (κ2) is 5.80. The Bertz CT molecular complexity index is 1070. The van der Waals surface area contributed by atoms with Gasteiger partial charge >= 0.3 is 0 Å². The van der Waals surface area contributed by atoms with Crippen molar-refractivity contribution in [1.82, 2.24) is 0 Å². The number of rotatable bonds is 2. The van der Waals surface area contributed by atoms with Gasteiger partial charge in [0, 0.05) is 17.9 Å². The van der Waals surface area contributed by atoms with Crippen molar-refractivity contribution in [2.24, 2.45) is 11.8 Å². The van der Waals surface area contributed by atoms with E-state index in [4.69, 9.17) is 4.74 Å². The molecule has 1 saturated heterocycles. The molecule has 142 valence electrons. The Labute approximate surface area is 168 Å². The molecule has 3 aromatic rings. The lowest BCUT2D eigenvalue weighted by Gasteiger charge is -2.45. The predicted molar refractivity (Wildman–Crippen MR) is 109 cm³/mol. The highest BCUT2D eigenvalue weighted by Crippen LogP contribution is 2.61. The highest BCUT2D eigenvalue weighted by atomic mass is 16.5. The standard InChI is InChI=1S/C25H19NO3/c1-29-15-8-6-7-14(13-15)26-24(27)22-20-16-9-2-3-10-17(16)21(23(22)25(26)28)19-12-5-4-11-18(19)20/h2-13,20-23H,1H3/t20?,21?,22-,23+. The summed E-state index contributed by atoms with van der Waals surface area (Å²) >= 11 is 0. The lowest BCUT2D eigenvalue weighted by molar-refractivity contribution is -0.122. The molecule has 2 atom stereocenters. The molecule has 0 unspecified atom stereocenters. The monoisotopic (exact) mass is 381 g/mol. The minimum absolute atomic E-state index is 0.0792. The molecule has 2 bridgehead atoms. The smallest absolute Gasteiger partial charge is 0.238 e. The van der Waals surface area contributed by atoms with Crippen LogP contribution in [-0.4, -0.2) is 18.9 Å². The topological polar surface area (TPSA) is 46.6 Å². The summed E-state index contributed by atoms with van der Waals surface area (Å²) in [6.07, 6.45) is 0. The second-order valence-electron chi connectivity index (χ2n) is 7.98. The third-order valence-electron chi connectivity index (χ3n) is 6.76. The van der Waals surface area contributed by atoms with Crippen LogP contribution in [0.3, 0.4) is 0 Å². The largest absolute Gasteiger partial charge is 0.497 e. The third-order valence-corrected chi connectivity index (χ3v) is 6.76. The van der Waals surface area contributed by atoms with E-state index in [1.54, 1.807) is 19.2 Å². The van der Waals surface area contributed by atoms with Gasteiger partial charge in [0.15, 0.2) is 0 Å². The number of nitrogens with zero attached hydrogens (tertiary/aromatic N) is 1. The van der Waals surface area contributed by atoms with Gasteiger partial charge in [0.2, 0.25) is 11.8 Å². The van der Waals surface area contributed by atoms with E-state index in [1.807, 2.05) is 36.4 Å². The van der Waals surface area contributed by atoms with Gasteiger partial charge in [0.1, 0.15) is 5.75 Å². The Kier molecular flexibility index (Phi) is 3.31. The predicted octanol–water partition coefficient (Wildman–Crippen LogP) is 4.09. The quantitative estimate of drug-likeness (QED) is 0.628. The van der Waals surface area contributed by atoms with Gasteiger partial charge in [-0.15, -0.1) is 0 Å². The van der Waals surface area contributed by atoms with E-state index in [1.165, 1.54) is 27.2 Å². The zero-order valence-corrected chi connectivity index (χ0v) is 15.9. The van der Waals surface area contributed by atoms with Gasteiger partial charge in [-0.2, -0.15) is 0 Å². The van der Waals surface area contributed by atoms with Crippen LogP contribution in [0.4, 0.5) is 5.69 Å². The van der Waals surface area contributed by atoms with Crippen LogP contribution in [-0.2, 0) is 9.59 Å². The third kappa shape index (κ3) is 2.03. The normalized spacial score (nSPS) is 26.2. The van der Waals surface area contributed by atoms with E-state index in [2.05, 4.69) is 24.3 Å². The van der Waals surface area contributed by atoms with Crippen molar-refractivity contribution < 1.29 is 14.3 Å². The van der Waals surface area contributed by atoms with E-state index in [9.17, 15) is 9.59 Å². The van der Waals surface area contributed by atoms with Crippen LogP contribution >= 0.6 is 0 Å². The average molecular weight is 381 g/mol. The van der Waals surface area contributed by atoms with E-state index in [0.717, 1.165) is 0 Å². The first-order chi connectivity index (χ1) is 14.2. The number of carbonyl (C=O) groups is 2. The molecular weight excluding hydrogens is 362 g/mol. The first kappa shape index (κ1) is 16.5.